The molecule has 2 heterocycles. The highest BCUT2D eigenvalue weighted by atomic mass is 32.1. The second-order valence-corrected chi connectivity index (χ2v) is 7.79. The number of carbonyl (C=O) groups is 1. The second kappa shape index (κ2) is 7.19. The van der Waals surface area contributed by atoms with Crippen LogP contribution < -0.4 is 4.74 Å². The molecule has 0 N–H and O–H groups in total. The van der Waals surface area contributed by atoms with Crippen LogP contribution in [0.2, 0.25) is 0 Å². The molecular formula is C20H23N3O2S. The van der Waals surface area contributed by atoms with Crippen LogP contribution in [-0.2, 0) is 6.54 Å². The number of methoxy groups -OCH3 is 1. The molecule has 6 heteroatoms. The zero-order chi connectivity index (χ0) is 18.1. The van der Waals surface area contributed by atoms with E-state index in [4.69, 9.17) is 4.74 Å². The molecule has 1 aromatic carbocycles. The molecule has 1 aliphatic carbocycles. The lowest BCUT2D eigenvalue weighted by Crippen LogP contribution is -2.13. The number of aromatic nitrogens is 3. The van der Waals surface area contributed by atoms with Gasteiger partial charge in [-0.1, -0.05) is 31.4 Å². The van der Waals surface area contributed by atoms with E-state index in [2.05, 4.69) is 26.2 Å². The summed E-state index contributed by atoms with van der Waals surface area (Å²) in [5.41, 5.74) is 2.06. The van der Waals surface area contributed by atoms with Crippen molar-refractivity contribution in [3.05, 3.63) is 29.4 Å². The lowest BCUT2D eigenvalue weighted by atomic mass is 9.89. The van der Waals surface area contributed by atoms with E-state index in [-0.39, 0.29) is 5.78 Å². The molecule has 0 bridgehead atoms. The second-order valence-electron chi connectivity index (χ2n) is 7.03. The van der Waals surface area contributed by atoms with Gasteiger partial charge < -0.3 is 9.30 Å². The number of hydrogen-bond acceptors (Lipinski definition) is 5. The highest BCUT2D eigenvalue weighted by molar-refractivity contribution is 7.07. The predicted molar refractivity (Wildman–Crippen MR) is 104 cm³/mol. The number of hydrogen-bond donors (Lipinski definition) is 0. The maximum Gasteiger partial charge on any atom is 0.189 e. The summed E-state index contributed by atoms with van der Waals surface area (Å²) >= 11 is 1.16. The molecule has 4 rings (SSSR count). The lowest BCUT2D eigenvalue weighted by Gasteiger charge is -2.22. The van der Waals surface area contributed by atoms with E-state index in [0.29, 0.717) is 16.7 Å². The molecular weight excluding hydrogens is 346 g/mol. The summed E-state index contributed by atoms with van der Waals surface area (Å²) in [6.45, 7) is 2.51. The summed E-state index contributed by atoms with van der Waals surface area (Å²) in [5.74, 6) is 2.15. The molecule has 0 aliphatic heterocycles. The van der Waals surface area contributed by atoms with Crippen molar-refractivity contribution in [1.82, 2.24) is 13.9 Å². The zero-order valence-corrected chi connectivity index (χ0v) is 16.0. The predicted octanol–water partition coefficient (Wildman–Crippen LogP) is 4.95. The molecule has 0 saturated heterocycles. The van der Waals surface area contributed by atoms with Crippen molar-refractivity contribution in [3.8, 4) is 17.1 Å². The van der Waals surface area contributed by atoms with Crippen LogP contribution in [-0.4, -0.2) is 26.8 Å². The van der Waals surface area contributed by atoms with Gasteiger partial charge in [0.2, 0.25) is 0 Å². The number of benzene rings is 1. The van der Waals surface area contributed by atoms with Crippen LogP contribution in [0.4, 0.5) is 0 Å². The highest BCUT2D eigenvalue weighted by Crippen LogP contribution is 2.36. The minimum Gasteiger partial charge on any atom is -0.495 e. The van der Waals surface area contributed by atoms with E-state index in [0.717, 1.165) is 40.3 Å². The van der Waals surface area contributed by atoms with Crippen molar-refractivity contribution in [2.24, 2.45) is 5.92 Å². The Morgan fingerprint density at radius 2 is 2.12 bits per heavy atom. The van der Waals surface area contributed by atoms with Crippen molar-refractivity contribution in [2.45, 2.75) is 45.6 Å². The van der Waals surface area contributed by atoms with Crippen molar-refractivity contribution >= 4 is 28.2 Å². The average molecular weight is 369 g/mol. The van der Waals surface area contributed by atoms with Gasteiger partial charge in [0, 0.05) is 30.6 Å². The minimum atomic E-state index is -0.0442. The van der Waals surface area contributed by atoms with Crippen LogP contribution in [0.25, 0.3) is 22.3 Å². The van der Waals surface area contributed by atoms with E-state index >= 15 is 0 Å². The number of para-hydroxylation sites is 1. The molecule has 1 saturated carbocycles. The van der Waals surface area contributed by atoms with Crippen LogP contribution in [0.1, 0.15) is 48.8 Å². The number of ether oxygens (including phenoxy) is 1. The van der Waals surface area contributed by atoms with Crippen LogP contribution in [0.15, 0.2) is 24.4 Å². The number of ketones is 1. The minimum absolute atomic E-state index is 0.0442. The van der Waals surface area contributed by atoms with Gasteiger partial charge in [0.05, 0.1) is 12.6 Å². The lowest BCUT2D eigenvalue weighted by molar-refractivity contribution is 0.101. The van der Waals surface area contributed by atoms with E-state index in [9.17, 15) is 4.79 Å². The third-order valence-corrected chi connectivity index (χ3v) is 6.04. The van der Waals surface area contributed by atoms with Crippen LogP contribution in [0.5, 0.6) is 5.75 Å². The summed E-state index contributed by atoms with van der Waals surface area (Å²) in [6, 6.07) is 6.08. The van der Waals surface area contributed by atoms with Gasteiger partial charge in [-0.15, -0.1) is 0 Å². The quantitative estimate of drug-likeness (QED) is 0.597. The van der Waals surface area contributed by atoms with Gasteiger partial charge >= 0.3 is 0 Å². The maximum atomic E-state index is 11.6. The summed E-state index contributed by atoms with van der Waals surface area (Å²) in [5, 5.41) is 1.53. The molecule has 1 aliphatic rings. The SMILES string of the molecule is COc1cccc2c(-c3nsc(C(C)=O)n3)cn(CC3CCCCC3)c12. The first-order valence-corrected chi connectivity index (χ1v) is 9.95. The third kappa shape index (κ3) is 3.14. The molecule has 1 fully saturated rings. The summed E-state index contributed by atoms with van der Waals surface area (Å²) in [6.07, 6.45) is 8.70. The number of carbonyl (C=O) groups excluding carboxylic acids is 1. The Morgan fingerprint density at radius 3 is 2.81 bits per heavy atom. The molecule has 0 radical (unpaired) electrons. The van der Waals surface area contributed by atoms with Gasteiger partial charge in [-0.25, -0.2) is 4.98 Å². The summed E-state index contributed by atoms with van der Waals surface area (Å²) in [4.78, 5) is 16.1. The smallest absolute Gasteiger partial charge is 0.189 e. The fourth-order valence-electron chi connectivity index (χ4n) is 3.94. The van der Waals surface area contributed by atoms with Crippen molar-refractivity contribution in [1.29, 1.82) is 0 Å². The van der Waals surface area contributed by atoms with Gasteiger partial charge in [-0.2, -0.15) is 4.37 Å². The van der Waals surface area contributed by atoms with E-state index < -0.39 is 0 Å². The molecule has 0 spiro atoms. The fraction of sp³-hybridized carbons (Fsp3) is 0.450. The molecule has 2 aromatic heterocycles. The van der Waals surface area contributed by atoms with Crippen molar-refractivity contribution in [3.63, 3.8) is 0 Å². The number of rotatable bonds is 5. The fourth-order valence-corrected chi connectivity index (χ4v) is 4.50. The highest BCUT2D eigenvalue weighted by Gasteiger charge is 2.21. The average Bonchev–Trinajstić information content (AvgIpc) is 3.28. The Labute approximate surface area is 157 Å². The Balaban J connectivity index is 1.81. The van der Waals surface area contributed by atoms with Crippen LogP contribution in [0, 0.1) is 5.92 Å². The van der Waals surface area contributed by atoms with E-state index in [1.54, 1.807) is 7.11 Å². The standard InChI is InChI=1S/C20H23N3O2S/c1-13(24)20-21-19(22-26-20)16-12-23(11-14-7-4-3-5-8-14)18-15(16)9-6-10-17(18)25-2/h6,9-10,12,14H,3-5,7-8,11H2,1-2H3. The molecule has 26 heavy (non-hydrogen) atoms. The first-order chi connectivity index (χ1) is 12.7. The number of fused-ring (bicyclic) bond motifs is 1. The van der Waals surface area contributed by atoms with Crippen LogP contribution in [0.3, 0.4) is 0 Å². The Hall–Kier alpha value is -2.21. The first-order valence-electron chi connectivity index (χ1n) is 9.18. The topological polar surface area (TPSA) is 57.0 Å². The summed E-state index contributed by atoms with van der Waals surface area (Å²) < 4.78 is 12.4. The molecule has 136 valence electrons. The molecule has 0 amide bonds. The molecule has 0 unspecified atom stereocenters. The normalized spacial score (nSPS) is 15.5. The van der Waals surface area contributed by atoms with E-state index in [1.807, 2.05) is 12.1 Å². The van der Waals surface area contributed by atoms with E-state index in [1.165, 1.54) is 39.0 Å². The number of nitrogens with zero attached hydrogens (tertiary/aromatic N) is 3. The van der Waals surface area contributed by atoms with Gasteiger partial charge in [-0.05, 0) is 36.4 Å². The zero-order valence-electron chi connectivity index (χ0n) is 15.2. The largest absolute Gasteiger partial charge is 0.495 e. The molecule has 5 nitrogen and oxygen atoms in total. The van der Waals surface area contributed by atoms with Gasteiger partial charge in [0.1, 0.15) is 5.75 Å². The van der Waals surface area contributed by atoms with Gasteiger partial charge in [0.15, 0.2) is 16.6 Å². The van der Waals surface area contributed by atoms with Gasteiger partial charge in [-0.3, -0.25) is 4.79 Å². The summed E-state index contributed by atoms with van der Waals surface area (Å²) in [7, 11) is 1.71. The van der Waals surface area contributed by atoms with Crippen molar-refractivity contribution in [2.75, 3.05) is 7.11 Å². The Bertz CT molecular complexity index is 938. The third-order valence-electron chi connectivity index (χ3n) is 5.23. The Morgan fingerprint density at radius 1 is 1.31 bits per heavy atom. The monoisotopic (exact) mass is 369 g/mol. The molecule has 0 atom stereocenters. The van der Waals surface area contributed by atoms with Crippen molar-refractivity contribution < 1.29 is 9.53 Å². The Kier molecular flexibility index (Phi) is 4.76. The first kappa shape index (κ1) is 17.2. The van der Waals surface area contributed by atoms with Crippen LogP contribution >= 0.6 is 11.5 Å². The maximum absolute atomic E-state index is 11.6. The molecule has 3 aromatic rings. The number of Topliss-reactive ketones (excluding diaryl/α,β-unsaturated/α-hetero) is 1. The van der Waals surface area contributed by atoms with Gasteiger partial charge in [0.25, 0.3) is 0 Å².